The summed E-state index contributed by atoms with van der Waals surface area (Å²) in [7, 11) is -4.23. The molecule has 9 N–H and O–H groups in total. The van der Waals surface area contributed by atoms with E-state index in [-0.39, 0.29) is 117 Å². The molecule has 1 fully saturated rings. The van der Waals surface area contributed by atoms with Gasteiger partial charge in [-0.2, -0.15) is 32.3 Å². The van der Waals surface area contributed by atoms with Gasteiger partial charge in [-0.3, -0.25) is 42.9 Å². The Hall–Kier alpha value is -9.63. The number of methoxy groups -OCH3 is 1. The number of carbonyl (C=O) groups is 6. The molecule has 3 aromatic carbocycles. The summed E-state index contributed by atoms with van der Waals surface area (Å²) in [5, 5.41) is 15.4. The molecule has 3 aromatic heterocycles. The third-order valence-corrected chi connectivity index (χ3v) is 17.4. The maximum atomic E-state index is 14.1. The van der Waals surface area contributed by atoms with Crippen LogP contribution in [0.2, 0.25) is 0 Å². The smallest absolute Gasteiger partial charge is 0.313 e. The van der Waals surface area contributed by atoms with Crippen LogP contribution >= 0.6 is 0 Å². The third kappa shape index (κ3) is 28.5. The van der Waals surface area contributed by atoms with Crippen LogP contribution in [0.15, 0.2) is 69.1 Å². The second kappa shape index (κ2) is 47.1. The van der Waals surface area contributed by atoms with Crippen molar-refractivity contribution in [2.75, 3.05) is 185 Å². The molecule has 1 saturated heterocycles. The minimum atomic E-state index is -5.66. The number of nitrogens with zero attached hydrogens (tertiary/aromatic N) is 8. The molecule has 6 aromatic rings. The minimum absolute atomic E-state index is 0.00387. The number of fused-ring (bicyclic) bond motifs is 2. The first-order valence-corrected chi connectivity index (χ1v) is 37.8. The lowest BCUT2D eigenvalue weighted by Crippen LogP contribution is -2.49. The topological polar surface area (TPSA) is 455 Å². The zero-order valence-electron chi connectivity index (χ0n) is 63.6. The number of nitrogens with two attached hydrogens (primary N) is 2. The normalized spacial score (nSPS) is 13.3. The van der Waals surface area contributed by atoms with Gasteiger partial charge in [0.05, 0.1) is 175 Å². The van der Waals surface area contributed by atoms with Crippen LogP contribution in [0, 0.1) is 35.6 Å². The Morgan fingerprint density at radius 3 is 1.50 bits per heavy atom. The van der Waals surface area contributed by atoms with Crippen molar-refractivity contribution in [3.8, 4) is 17.2 Å². The molecule has 0 aliphatic carbocycles. The van der Waals surface area contributed by atoms with Crippen LogP contribution in [0.25, 0.3) is 22.1 Å². The van der Waals surface area contributed by atoms with Gasteiger partial charge in [0.2, 0.25) is 46.3 Å². The summed E-state index contributed by atoms with van der Waals surface area (Å²) in [5.41, 5.74) is 14.9. The number of H-pyrrole nitrogens is 2. The first kappa shape index (κ1) is 90.6. The summed E-state index contributed by atoms with van der Waals surface area (Å²) in [6.07, 6.45) is 5.19. The highest BCUT2D eigenvalue weighted by molar-refractivity contribution is 7.85. The predicted molar refractivity (Wildman–Crippen MR) is 396 cm³/mol. The van der Waals surface area contributed by atoms with E-state index in [1.54, 1.807) is 51.9 Å². The van der Waals surface area contributed by atoms with E-state index in [1.807, 2.05) is 17.9 Å². The van der Waals surface area contributed by atoms with Crippen LogP contribution in [0.1, 0.15) is 76.9 Å². The quantitative estimate of drug-likeness (QED) is 0.00332. The van der Waals surface area contributed by atoms with Gasteiger partial charge in [-0.05, 0) is 70.5 Å². The van der Waals surface area contributed by atoms with Crippen LogP contribution in [-0.2, 0) is 91.5 Å². The molecule has 0 unspecified atom stereocenters. The van der Waals surface area contributed by atoms with E-state index in [0.29, 0.717) is 178 Å². The number of benzene rings is 3. The number of aromatic nitrogens is 6. The molecule has 0 saturated carbocycles. The number of esters is 1. The molecular weight excluding hydrogens is 1520 g/mol. The van der Waals surface area contributed by atoms with Crippen LogP contribution in [0.3, 0.4) is 0 Å². The number of likely N-dealkylation sites (N-methyl/N-ethyl adjacent to an activating group) is 1. The summed E-state index contributed by atoms with van der Waals surface area (Å²) in [5.74, 6) is -14.8. The standard InChI is InChI=1S/C72H98F4N14O22S/c1-6-80-53(41-47(3)77)69(95)83-71-81-51-43-49(67(78)93)45-55(100-5)63(51)88(71)14-8-9-15-89-64-52(82-72(89)84-70(96)54-42-48(4)85-90(54)7-2)44-50(68(79)94)46-56(64)111-20-10-13-86-16-18-87(19-17-86)57(91)11-21-101-23-25-103-27-29-105-31-33-107-35-37-109-39-40-110-38-36-108-34-32-106-30-28-104-26-24-102-22-12-58(92)112-65-59(73)61(75)66(113(97,98)99)62(76)60(65)74/h8-9,41-46,77,80H,6-7,10-40H2,1-5H3,(H2,78,93)(H2,79,94)(H,81,83,95)(H,82,84,96)(H,97,98,99)/b9-8+,53-41-,77-47?. The first-order chi connectivity index (χ1) is 54.3. The van der Waals surface area contributed by atoms with Crippen molar-refractivity contribution in [2.45, 2.75) is 71.5 Å². The predicted octanol–water partition coefficient (Wildman–Crippen LogP) is 3.21. The Bertz CT molecular complexity index is 4500. The fourth-order valence-corrected chi connectivity index (χ4v) is 11.8. The molecule has 1 aliphatic rings. The summed E-state index contributed by atoms with van der Waals surface area (Å²) >= 11 is 0. The average molecular weight is 1620 g/mol. The maximum absolute atomic E-state index is 14.1. The fourth-order valence-electron chi connectivity index (χ4n) is 11.2. The number of ether oxygens (including phenoxy) is 13. The zero-order chi connectivity index (χ0) is 81.8. The van der Waals surface area contributed by atoms with Gasteiger partial charge in [-0.15, -0.1) is 0 Å². The molecule has 5 amide bonds. The van der Waals surface area contributed by atoms with E-state index < -0.39 is 80.1 Å². The Balaban J connectivity index is 0.723. The Kier molecular flexibility index (Phi) is 37.8. The number of aromatic amines is 2. The van der Waals surface area contributed by atoms with Crippen molar-refractivity contribution < 1.29 is 121 Å². The number of halogens is 4. The Morgan fingerprint density at radius 2 is 1.06 bits per heavy atom. The number of carbonyl (C=O) groups excluding carboxylic acids is 6. The minimum Gasteiger partial charge on any atom is -0.494 e. The van der Waals surface area contributed by atoms with Gasteiger partial charge >= 0.3 is 16.1 Å². The molecule has 622 valence electrons. The molecule has 1 aliphatic heterocycles. The number of hydrogen-bond acceptors (Lipinski definition) is 25. The highest BCUT2D eigenvalue weighted by Gasteiger charge is 2.34. The van der Waals surface area contributed by atoms with Gasteiger partial charge in [0, 0.05) is 75.7 Å². The van der Waals surface area contributed by atoms with Crippen molar-refractivity contribution in [3.63, 3.8) is 0 Å². The lowest BCUT2D eigenvalue weighted by atomic mass is 10.1. The first-order valence-electron chi connectivity index (χ1n) is 36.3. The molecule has 41 heteroatoms. The Labute approximate surface area is 647 Å². The molecule has 0 radical (unpaired) electrons. The number of imidazole rings is 2. The number of amides is 5. The molecule has 0 atom stereocenters. The highest BCUT2D eigenvalue weighted by atomic mass is 32.2. The molecule has 113 heavy (non-hydrogen) atoms. The summed E-state index contributed by atoms with van der Waals surface area (Å²) in [6.45, 7) is 16.6. The lowest BCUT2D eigenvalue weighted by molar-refractivity contribution is -0.136. The maximum Gasteiger partial charge on any atom is 0.313 e. The van der Waals surface area contributed by atoms with Gasteiger partial charge < -0.3 is 108 Å². The summed E-state index contributed by atoms with van der Waals surface area (Å²) in [4.78, 5) is 95.0. The van der Waals surface area contributed by atoms with E-state index in [2.05, 4.69) is 40.0 Å². The van der Waals surface area contributed by atoms with Crippen molar-refractivity contribution in [3.05, 3.63) is 111 Å². The van der Waals surface area contributed by atoms with Gasteiger partial charge in [0.1, 0.15) is 33.9 Å². The fraction of sp³-hybridized carbons (Fsp3) is 0.528. The van der Waals surface area contributed by atoms with Crippen LogP contribution < -0.4 is 42.2 Å². The average Bonchev–Trinajstić information content (AvgIpc) is 1.71. The number of aryl methyl sites for hydroxylation is 2. The van der Waals surface area contributed by atoms with E-state index in [1.165, 1.54) is 32.2 Å². The summed E-state index contributed by atoms with van der Waals surface area (Å²) in [6, 6.07) is 7.77. The monoisotopic (exact) mass is 1620 g/mol. The largest absolute Gasteiger partial charge is 0.494 e. The second-order valence-electron chi connectivity index (χ2n) is 24.8. The van der Waals surface area contributed by atoms with E-state index in [4.69, 9.17) is 78.3 Å². The molecule has 0 bridgehead atoms. The van der Waals surface area contributed by atoms with Gasteiger partial charge in [-0.25, -0.2) is 8.78 Å². The summed E-state index contributed by atoms with van der Waals surface area (Å²) < 4.78 is 163. The molecule has 4 heterocycles. The van der Waals surface area contributed by atoms with Crippen LogP contribution in [-0.4, -0.2) is 278 Å². The number of piperazine rings is 1. The molecule has 0 spiro atoms. The zero-order valence-corrected chi connectivity index (χ0v) is 64.4. The number of rotatable bonds is 53. The molecular formula is C72H98F4N14O22S. The van der Waals surface area contributed by atoms with Gasteiger partial charge in [0.15, 0.2) is 16.5 Å². The van der Waals surface area contributed by atoms with E-state index in [9.17, 15) is 54.7 Å². The van der Waals surface area contributed by atoms with Gasteiger partial charge in [0.25, 0.3) is 11.8 Å². The van der Waals surface area contributed by atoms with Crippen molar-refractivity contribution in [1.29, 1.82) is 5.41 Å². The van der Waals surface area contributed by atoms with E-state index >= 15 is 0 Å². The molecule has 7 rings (SSSR count). The number of nitrogens with one attached hydrogen (secondary N) is 4. The molecule has 36 nitrogen and oxygen atoms in total. The van der Waals surface area contributed by atoms with E-state index in [0.717, 1.165) is 0 Å². The Morgan fingerprint density at radius 1 is 0.619 bits per heavy atom. The van der Waals surface area contributed by atoms with Crippen LogP contribution in [0.5, 0.6) is 17.2 Å². The lowest BCUT2D eigenvalue weighted by Gasteiger charge is -2.34. The second-order valence-corrected chi connectivity index (χ2v) is 26.1. The van der Waals surface area contributed by atoms with Crippen LogP contribution in [0.4, 0.5) is 17.6 Å². The number of hydrogen-bond donors (Lipinski definition) is 7. The number of primary amides is 2. The number of allylic oxidation sites excluding steroid dienone is 3. The SMILES string of the molecule is CCN/C(=C\C(C)=N)C(=O)/N=c1\[nH]c2cc(C(N)=O)cc(OC)c2n1C/C=C/Cn1/c(=N/C(=O)c2cc(C)nn2CC)[nH]c2cc(C(N)=O)cc(OCCCN3CCN(C(=O)CCOCCOCCOCCOCCOCCOCCOCCOCCOCCOCCC(=O)Oc4c(F)c(F)c(S(=O)(=O)O)c(F)c4F)CC3)c21. The van der Waals surface area contributed by atoms with Gasteiger partial charge in [-0.1, -0.05) is 12.2 Å². The van der Waals surface area contributed by atoms with Crippen molar-refractivity contribution in [1.82, 2.24) is 44.0 Å². The highest BCUT2D eigenvalue weighted by Crippen LogP contribution is 2.33. The van der Waals surface area contributed by atoms with Crippen molar-refractivity contribution in [2.24, 2.45) is 21.5 Å². The van der Waals surface area contributed by atoms with Crippen molar-refractivity contribution >= 4 is 73.4 Å². The third-order valence-electron chi connectivity index (χ3n) is 16.5.